The van der Waals surface area contributed by atoms with E-state index < -0.39 is 44.0 Å². The van der Waals surface area contributed by atoms with Crippen molar-refractivity contribution in [3.05, 3.63) is 32.6 Å². The number of ether oxygens (including phenoxy) is 1. The third-order valence-corrected chi connectivity index (χ3v) is 10.1. The highest BCUT2D eigenvalue weighted by molar-refractivity contribution is 6.74. The van der Waals surface area contributed by atoms with E-state index in [1.54, 1.807) is 0 Å². The van der Waals surface area contributed by atoms with Crippen LogP contribution < -0.4 is 11.2 Å². The van der Waals surface area contributed by atoms with Crippen LogP contribution in [-0.2, 0) is 23.3 Å². The first kappa shape index (κ1) is 21.0. The fourth-order valence-electron chi connectivity index (χ4n) is 2.68. The maximum absolute atomic E-state index is 12.4. The molecule has 2 rings (SSSR count). The maximum Gasteiger partial charge on any atom is 0.330 e. The van der Waals surface area contributed by atoms with Crippen molar-refractivity contribution in [1.82, 2.24) is 9.13 Å². The van der Waals surface area contributed by atoms with Crippen LogP contribution in [0.25, 0.3) is 0 Å². The molecule has 4 atom stereocenters. The molecule has 1 aliphatic rings. The molecule has 1 aromatic heterocycles. The fraction of sp³-hybridized carbons (Fsp3) is 0.765. The molecule has 1 saturated heterocycles. The summed E-state index contributed by atoms with van der Waals surface area (Å²) in [6.07, 6.45) is -2.85. The Bertz CT molecular complexity index is 779. The third kappa shape index (κ3) is 3.72. The van der Waals surface area contributed by atoms with Crippen LogP contribution >= 0.6 is 0 Å². The summed E-state index contributed by atoms with van der Waals surface area (Å²) in [5.41, 5.74) is -0.879. The molecule has 0 unspecified atom stereocenters. The van der Waals surface area contributed by atoms with Crippen molar-refractivity contribution < 1.29 is 19.4 Å². The van der Waals surface area contributed by atoms with Crippen molar-refractivity contribution in [2.45, 2.75) is 63.3 Å². The van der Waals surface area contributed by atoms with Crippen LogP contribution in [0.5, 0.6) is 0 Å². The lowest BCUT2D eigenvalue weighted by atomic mass is 10.0. The molecule has 0 bridgehead atoms. The quantitative estimate of drug-likeness (QED) is 0.720. The number of hydrogen-bond donors (Lipinski definition) is 2. The SMILES string of the molecule is Cn1cc([C@@H]2O[C@H](CO[Si](C)(C)C(C)(C)C)[C@@H](O)[C@H]2O)c(=O)n(C)c1=O. The Morgan fingerprint density at radius 3 is 2.31 bits per heavy atom. The van der Waals surface area contributed by atoms with Crippen LogP contribution in [0.1, 0.15) is 32.4 Å². The average Bonchev–Trinajstić information content (AvgIpc) is 2.81. The molecule has 148 valence electrons. The zero-order chi connectivity index (χ0) is 20.0. The van der Waals surface area contributed by atoms with Gasteiger partial charge in [-0.05, 0) is 18.1 Å². The minimum absolute atomic E-state index is 0.00221. The van der Waals surface area contributed by atoms with Crippen molar-refractivity contribution >= 4 is 8.32 Å². The number of aliphatic hydroxyl groups excluding tert-OH is 2. The number of hydrogen-bond acceptors (Lipinski definition) is 6. The molecular weight excluding hydrogens is 356 g/mol. The fourth-order valence-corrected chi connectivity index (χ4v) is 3.70. The summed E-state index contributed by atoms with van der Waals surface area (Å²) in [5.74, 6) is 0. The molecule has 0 amide bonds. The van der Waals surface area contributed by atoms with E-state index in [1.165, 1.54) is 24.9 Å². The van der Waals surface area contributed by atoms with E-state index in [0.29, 0.717) is 0 Å². The van der Waals surface area contributed by atoms with Gasteiger partial charge in [-0.2, -0.15) is 0 Å². The van der Waals surface area contributed by atoms with E-state index in [0.717, 1.165) is 4.57 Å². The molecule has 2 heterocycles. The summed E-state index contributed by atoms with van der Waals surface area (Å²) in [5, 5.41) is 20.7. The zero-order valence-corrected chi connectivity index (χ0v) is 17.5. The van der Waals surface area contributed by atoms with E-state index in [1.807, 2.05) is 0 Å². The van der Waals surface area contributed by atoms with Crippen molar-refractivity contribution in [1.29, 1.82) is 0 Å². The molecule has 0 radical (unpaired) electrons. The predicted octanol–water partition coefficient (Wildman–Crippen LogP) is 0.268. The van der Waals surface area contributed by atoms with E-state index in [4.69, 9.17) is 9.16 Å². The molecule has 2 N–H and O–H groups in total. The number of rotatable bonds is 4. The Labute approximate surface area is 154 Å². The summed E-state index contributed by atoms with van der Waals surface area (Å²) in [4.78, 5) is 24.2. The average molecular weight is 387 g/mol. The van der Waals surface area contributed by atoms with Crippen LogP contribution in [0.15, 0.2) is 15.8 Å². The highest BCUT2D eigenvalue weighted by atomic mass is 28.4. The Morgan fingerprint density at radius 1 is 1.19 bits per heavy atom. The molecule has 26 heavy (non-hydrogen) atoms. The van der Waals surface area contributed by atoms with Gasteiger partial charge in [-0.15, -0.1) is 0 Å². The molecule has 1 aliphatic heterocycles. The van der Waals surface area contributed by atoms with Gasteiger partial charge in [-0.1, -0.05) is 20.8 Å². The highest BCUT2D eigenvalue weighted by Gasteiger charge is 2.46. The van der Waals surface area contributed by atoms with Crippen molar-refractivity contribution in [3.63, 3.8) is 0 Å². The van der Waals surface area contributed by atoms with Crippen LogP contribution in [-0.4, -0.2) is 52.6 Å². The molecule has 1 fully saturated rings. The first-order chi connectivity index (χ1) is 11.8. The Hall–Kier alpha value is -1.26. The standard InChI is InChI=1S/C17H30N2O6Si/c1-17(2,3)26(6,7)24-9-11-12(20)13(21)14(25-11)10-8-18(4)16(23)19(5)15(10)22/h8,11-14,20-21H,9H2,1-7H3/t11-,12-,13-,14+/m1/s1. The van der Waals surface area contributed by atoms with Gasteiger partial charge in [0.05, 0.1) is 12.2 Å². The maximum atomic E-state index is 12.4. The monoisotopic (exact) mass is 386 g/mol. The van der Waals surface area contributed by atoms with Gasteiger partial charge in [-0.25, -0.2) is 4.79 Å². The molecule has 0 aliphatic carbocycles. The number of aliphatic hydroxyl groups is 2. The van der Waals surface area contributed by atoms with Gasteiger partial charge in [-0.3, -0.25) is 9.36 Å². The molecule has 9 heteroatoms. The van der Waals surface area contributed by atoms with Gasteiger partial charge in [0.15, 0.2) is 8.32 Å². The highest BCUT2D eigenvalue weighted by Crippen LogP contribution is 2.38. The lowest BCUT2D eigenvalue weighted by molar-refractivity contribution is -0.0204. The van der Waals surface area contributed by atoms with Gasteiger partial charge < -0.3 is 23.9 Å². The summed E-state index contributed by atoms with van der Waals surface area (Å²) in [6, 6.07) is 0. The molecule has 0 aromatic carbocycles. The second-order valence-corrected chi connectivity index (χ2v) is 13.3. The van der Waals surface area contributed by atoms with Gasteiger partial charge in [0.25, 0.3) is 5.56 Å². The third-order valence-electron chi connectivity index (χ3n) is 5.56. The zero-order valence-electron chi connectivity index (χ0n) is 16.5. The Balaban J connectivity index is 2.24. The van der Waals surface area contributed by atoms with E-state index in [2.05, 4.69) is 33.9 Å². The van der Waals surface area contributed by atoms with Crippen molar-refractivity contribution in [3.8, 4) is 0 Å². The van der Waals surface area contributed by atoms with Gasteiger partial charge in [0, 0.05) is 20.3 Å². The van der Waals surface area contributed by atoms with Crippen LogP contribution in [0, 0.1) is 0 Å². The first-order valence-corrected chi connectivity index (χ1v) is 11.6. The van der Waals surface area contributed by atoms with Crippen molar-refractivity contribution in [2.24, 2.45) is 14.1 Å². The van der Waals surface area contributed by atoms with Crippen LogP contribution in [0.4, 0.5) is 0 Å². The first-order valence-electron chi connectivity index (χ1n) is 8.70. The summed E-state index contributed by atoms with van der Waals surface area (Å²) < 4.78 is 14.1. The second kappa shape index (κ2) is 7.04. The summed E-state index contributed by atoms with van der Waals surface area (Å²) >= 11 is 0. The largest absolute Gasteiger partial charge is 0.414 e. The van der Waals surface area contributed by atoms with Crippen LogP contribution in [0.3, 0.4) is 0 Å². The topological polar surface area (TPSA) is 103 Å². The molecule has 8 nitrogen and oxygen atoms in total. The number of aromatic nitrogens is 2. The van der Waals surface area contributed by atoms with E-state index >= 15 is 0 Å². The van der Waals surface area contributed by atoms with E-state index in [9.17, 15) is 19.8 Å². The summed E-state index contributed by atoms with van der Waals surface area (Å²) in [7, 11) is 0.834. The second-order valence-electron chi connectivity index (χ2n) is 8.49. The minimum Gasteiger partial charge on any atom is -0.414 e. The number of nitrogens with zero attached hydrogens (tertiary/aromatic N) is 2. The minimum atomic E-state index is -2.05. The van der Waals surface area contributed by atoms with E-state index in [-0.39, 0.29) is 17.2 Å². The van der Waals surface area contributed by atoms with Crippen LogP contribution in [0.2, 0.25) is 18.1 Å². The predicted molar refractivity (Wildman–Crippen MR) is 99.7 cm³/mol. The molecule has 0 saturated carbocycles. The van der Waals surface area contributed by atoms with Gasteiger partial charge in [0.1, 0.15) is 24.4 Å². The van der Waals surface area contributed by atoms with Gasteiger partial charge >= 0.3 is 5.69 Å². The van der Waals surface area contributed by atoms with Gasteiger partial charge in [0.2, 0.25) is 0 Å². The number of aryl methyl sites for hydroxylation is 1. The molecular formula is C17H30N2O6Si. The summed E-state index contributed by atoms with van der Waals surface area (Å²) in [6.45, 7) is 10.6. The molecule has 1 aromatic rings. The van der Waals surface area contributed by atoms with Crippen molar-refractivity contribution in [2.75, 3.05) is 6.61 Å². The molecule has 0 spiro atoms. The Morgan fingerprint density at radius 2 is 1.77 bits per heavy atom. The Kier molecular flexibility index (Phi) is 5.70. The lowest BCUT2D eigenvalue weighted by Crippen LogP contribution is -2.44. The normalized spacial score (nSPS) is 27.1. The lowest BCUT2D eigenvalue weighted by Gasteiger charge is -2.37. The smallest absolute Gasteiger partial charge is 0.330 e.